The first-order valence-electron chi connectivity index (χ1n) is 18.2. The van der Waals surface area contributed by atoms with E-state index in [4.69, 9.17) is 4.42 Å². The molecule has 6 heteroatoms. The van der Waals surface area contributed by atoms with Crippen molar-refractivity contribution in [3.63, 3.8) is 0 Å². The SMILES string of the molecule is Oc1c(O)c(O)c(-c2c3ccccc3c(-c3ccc(-c4ccc5oc6ccc(-c7cccc(-c8ccccc8)c7)cc6c5c4)cc3)c3ccccc23)c(O)c1O. The Morgan fingerprint density at radius 2 is 0.625 bits per heavy atom. The van der Waals surface area contributed by atoms with Gasteiger partial charge in [-0.3, -0.25) is 0 Å². The summed E-state index contributed by atoms with van der Waals surface area (Å²) < 4.78 is 6.29. The molecule has 0 saturated carbocycles. The minimum absolute atomic E-state index is 0.179. The van der Waals surface area contributed by atoms with Crippen LogP contribution in [0.5, 0.6) is 28.7 Å². The highest BCUT2D eigenvalue weighted by Crippen LogP contribution is 2.57. The summed E-state index contributed by atoms with van der Waals surface area (Å²) >= 11 is 0. The summed E-state index contributed by atoms with van der Waals surface area (Å²) in [4.78, 5) is 0. The lowest BCUT2D eigenvalue weighted by Crippen LogP contribution is -1.92. The monoisotopic (exact) mass is 728 g/mol. The number of phenols is 5. The van der Waals surface area contributed by atoms with Gasteiger partial charge in [-0.2, -0.15) is 0 Å². The summed E-state index contributed by atoms with van der Waals surface area (Å²) in [5, 5.41) is 58.2. The van der Waals surface area contributed by atoms with Gasteiger partial charge in [-0.05, 0) is 96.4 Å². The largest absolute Gasteiger partial charge is 0.504 e. The third-order valence-electron chi connectivity index (χ3n) is 10.8. The van der Waals surface area contributed by atoms with Gasteiger partial charge in [0.2, 0.25) is 17.2 Å². The molecule has 10 rings (SSSR count). The van der Waals surface area contributed by atoms with Gasteiger partial charge in [0.25, 0.3) is 0 Å². The van der Waals surface area contributed by atoms with Gasteiger partial charge in [0.15, 0.2) is 11.5 Å². The standard InChI is InChI=1S/C50H32O6/c51-46-45(47(52)49(54)50(55)48(46)53)44-37-15-6-4-13-35(37)43(36-14-5-7-16-38(36)44)30-19-17-29(18-20-30)33-21-23-41-39(26-33)40-27-34(22-24-42(40)56-41)32-12-8-11-31(25-32)28-9-2-1-3-10-28/h1-27,51-55H. The highest BCUT2D eigenvalue weighted by molar-refractivity contribution is 6.22. The maximum Gasteiger partial charge on any atom is 0.208 e. The Kier molecular flexibility index (Phi) is 7.47. The number of benzene rings is 9. The second-order valence-corrected chi connectivity index (χ2v) is 14.0. The summed E-state index contributed by atoms with van der Waals surface area (Å²) in [7, 11) is 0. The van der Waals surface area contributed by atoms with Crippen molar-refractivity contribution in [1.29, 1.82) is 0 Å². The van der Waals surface area contributed by atoms with E-state index in [2.05, 4.69) is 97.1 Å². The van der Waals surface area contributed by atoms with E-state index in [9.17, 15) is 25.5 Å². The van der Waals surface area contributed by atoms with E-state index in [1.165, 1.54) is 11.1 Å². The normalized spacial score (nSPS) is 11.6. The zero-order chi connectivity index (χ0) is 38.1. The van der Waals surface area contributed by atoms with Crippen molar-refractivity contribution in [2.45, 2.75) is 0 Å². The molecule has 1 heterocycles. The molecule has 56 heavy (non-hydrogen) atoms. The Hall–Kier alpha value is -7.70. The van der Waals surface area contributed by atoms with Crippen LogP contribution in [0.2, 0.25) is 0 Å². The first-order chi connectivity index (χ1) is 27.4. The van der Waals surface area contributed by atoms with Crippen molar-refractivity contribution in [1.82, 2.24) is 0 Å². The third-order valence-corrected chi connectivity index (χ3v) is 10.8. The molecular weight excluding hydrogens is 697 g/mol. The fraction of sp³-hybridized carbons (Fsp3) is 0. The number of hydrogen-bond donors (Lipinski definition) is 5. The molecule has 0 saturated heterocycles. The van der Waals surface area contributed by atoms with E-state index in [-0.39, 0.29) is 5.56 Å². The molecule has 0 aliphatic rings. The van der Waals surface area contributed by atoms with Crippen molar-refractivity contribution < 1.29 is 29.9 Å². The van der Waals surface area contributed by atoms with Gasteiger partial charge in [-0.15, -0.1) is 0 Å². The highest BCUT2D eigenvalue weighted by atomic mass is 16.4. The number of phenolic OH excluding ortho intramolecular Hbond substituents is 5. The van der Waals surface area contributed by atoms with Crippen molar-refractivity contribution in [2.24, 2.45) is 0 Å². The lowest BCUT2D eigenvalue weighted by molar-refractivity contribution is 0.330. The van der Waals surface area contributed by atoms with Gasteiger partial charge in [0.1, 0.15) is 11.2 Å². The zero-order valence-electron chi connectivity index (χ0n) is 29.7. The molecule has 9 aromatic carbocycles. The number of rotatable bonds is 5. The van der Waals surface area contributed by atoms with E-state index in [0.717, 1.165) is 66.1 Å². The maximum atomic E-state index is 11.0. The fourth-order valence-electron chi connectivity index (χ4n) is 8.11. The lowest BCUT2D eigenvalue weighted by atomic mass is 9.85. The molecular formula is C50H32O6. The topological polar surface area (TPSA) is 114 Å². The van der Waals surface area contributed by atoms with E-state index >= 15 is 0 Å². The highest BCUT2D eigenvalue weighted by Gasteiger charge is 2.28. The molecule has 6 nitrogen and oxygen atoms in total. The van der Waals surface area contributed by atoms with Crippen molar-refractivity contribution in [2.75, 3.05) is 0 Å². The smallest absolute Gasteiger partial charge is 0.208 e. The minimum Gasteiger partial charge on any atom is -0.504 e. The zero-order valence-corrected chi connectivity index (χ0v) is 29.7. The summed E-state index contributed by atoms with van der Waals surface area (Å²) in [6.07, 6.45) is 0. The molecule has 0 radical (unpaired) electrons. The van der Waals surface area contributed by atoms with E-state index in [1.54, 1.807) is 0 Å². The number of aromatic hydroxyl groups is 5. The molecule has 0 aliphatic carbocycles. The van der Waals surface area contributed by atoms with Crippen LogP contribution in [0.4, 0.5) is 0 Å². The third kappa shape index (κ3) is 5.11. The second kappa shape index (κ2) is 12.7. The van der Waals surface area contributed by atoms with Crippen molar-refractivity contribution >= 4 is 43.5 Å². The average Bonchev–Trinajstić information content (AvgIpc) is 3.62. The maximum absolute atomic E-state index is 11.0. The van der Waals surface area contributed by atoms with Crippen LogP contribution in [0, 0.1) is 0 Å². The second-order valence-electron chi connectivity index (χ2n) is 14.0. The van der Waals surface area contributed by atoms with Gasteiger partial charge in [0.05, 0.1) is 5.56 Å². The Labute approximate surface area is 320 Å². The van der Waals surface area contributed by atoms with Crippen LogP contribution >= 0.6 is 0 Å². The molecule has 1 aromatic heterocycles. The van der Waals surface area contributed by atoms with E-state index < -0.39 is 28.7 Å². The van der Waals surface area contributed by atoms with Gasteiger partial charge in [-0.1, -0.05) is 133 Å². The molecule has 0 spiro atoms. The Bertz CT molecular complexity index is 3090. The minimum atomic E-state index is -0.997. The van der Waals surface area contributed by atoms with E-state index in [1.807, 2.05) is 66.7 Å². The van der Waals surface area contributed by atoms with Crippen LogP contribution in [-0.2, 0) is 0 Å². The van der Waals surface area contributed by atoms with Crippen LogP contribution in [0.15, 0.2) is 168 Å². The summed E-state index contributed by atoms with van der Waals surface area (Å²) in [5.41, 5.74) is 10.4. The number of hydrogen-bond acceptors (Lipinski definition) is 6. The molecule has 5 N–H and O–H groups in total. The number of fused-ring (bicyclic) bond motifs is 5. The Morgan fingerprint density at radius 1 is 0.250 bits per heavy atom. The quantitative estimate of drug-likeness (QED) is 0.0685. The Balaban J connectivity index is 1.07. The molecule has 0 unspecified atom stereocenters. The lowest BCUT2D eigenvalue weighted by Gasteiger charge is -2.20. The molecule has 0 atom stereocenters. The van der Waals surface area contributed by atoms with Crippen LogP contribution in [0.25, 0.3) is 99.1 Å². The van der Waals surface area contributed by atoms with Crippen LogP contribution in [0.3, 0.4) is 0 Å². The van der Waals surface area contributed by atoms with Gasteiger partial charge in [0, 0.05) is 16.3 Å². The molecule has 0 bridgehead atoms. The number of furan rings is 1. The summed E-state index contributed by atoms with van der Waals surface area (Å²) in [6.45, 7) is 0. The van der Waals surface area contributed by atoms with Crippen LogP contribution in [-0.4, -0.2) is 25.5 Å². The summed E-state index contributed by atoms with van der Waals surface area (Å²) in [5.74, 6) is -4.30. The fourth-order valence-corrected chi connectivity index (χ4v) is 8.11. The van der Waals surface area contributed by atoms with Crippen molar-refractivity contribution in [3.05, 3.63) is 164 Å². The Morgan fingerprint density at radius 3 is 1.18 bits per heavy atom. The molecule has 0 amide bonds. The van der Waals surface area contributed by atoms with Gasteiger partial charge >= 0.3 is 0 Å². The predicted octanol–water partition coefficient (Wildman–Crippen LogP) is 12.8. The van der Waals surface area contributed by atoms with Crippen LogP contribution < -0.4 is 0 Å². The first-order valence-corrected chi connectivity index (χ1v) is 18.2. The molecule has 0 fully saturated rings. The van der Waals surface area contributed by atoms with Gasteiger partial charge < -0.3 is 29.9 Å². The molecule has 268 valence electrons. The first kappa shape index (κ1) is 32.9. The average molecular weight is 729 g/mol. The van der Waals surface area contributed by atoms with Crippen molar-refractivity contribution in [3.8, 4) is 84.4 Å². The van der Waals surface area contributed by atoms with Gasteiger partial charge in [-0.25, -0.2) is 0 Å². The molecule has 10 aromatic rings. The van der Waals surface area contributed by atoms with Crippen LogP contribution in [0.1, 0.15) is 0 Å². The molecule has 0 aliphatic heterocycles. The summed E-state index contributed by atoms with van der Waals surface area (Å²) in [6, 6.07) is 55.2. The predicted molar refractivity (Wildman–Crippen MR) is 224 cm³/mol. The van der Waals surface area contributed by atoms with E-state index in [0.29, 0.717) is 16.3 Å².